The van der Waals surface area contributed by atoms with E-state index in [4.69, 9.17) is 0 Å². The first-order valence-electron chi connectivity index (χ1n) is 8.61. The van der Waals surface area contributed by atoms with Gasteiger partial charge in [0.2, 0.25) is 0 Å². The Morgan fingerprint density at radius 1 is 0.632 bits per heavy atom. The minimum atomic E-state index is 1.20. The zero-order valence-corrected chi connectivity index (χ0v) is 14.8. The molecule has 0 bridgehead atoms. The number of hydrogen-bond donors (Lipinski definition) is 0. The van der Waals surface area contributed by atoms with Crippen molar-refractivity contribution in [2.24, 2.45) is 0 Å². The molecule has 0 aromatic heterocycles. The average Bonchev–Trinajstić information content (AvgIpc) is 2.43. The van der Waals surface area contributed by atoms with Gasteiger partial charge in [-0.05, 0) is 0 Å². The molecule has 19 heavy (non-hydrogen) atoms. The Kier molecular flexibility index (Phi) is 18.3. The molecule has 112 valence electrons. The third-order valence-electron chi connectivity index (χ3n) is 3.79. The molecule has 0 aliphatic rings. The van der Waals surface area contributed by atoms with E-state index in [0.29, 0.717) is 0 Å². The maximum atomic E-state index is 2.96. The first-order chi connectivity index (χ1) is 9.41. The fourth-order valence-corrected chi connectivity index (χ4v) is 2.75. The molecule has 0 aromatic carbocycles. The van der Waals surface area contributed by atoms with E-state index in [-0.39, 0.29) is 0 Å². The van der Waals surface area contributed by atoms with Crippen LogP contribution in [0.3, 0.4) is 0 Å². The summed E-state index contributed by atoms with van der Waals surface area (Å²) in [6.45, 7) is 2.29. The summed E-state index contributed by atoms with van der Waals surface area (Å²) < 4.78 is 2.96. The molecule has 0 aliphatic carbocycles. The van der Waals surface area contributed by atoms with E-state index in [0.717, 1.165) is 0 Å². The van der Waals surface area contributed by atoms with Crippen LogP contribution in [0.2, 0.25) is 0 Å². The van der Waals surface area contributed by atoms with Gasteiger partial charge >= 0.3 is 90.4 Å². The summed E-state index contributed by atoms with van der Waals surface area (Å²) in [5.41, 5.74) is 0. The number of allylic oxidation sites excluding steroid dienone is 1. The van der Waals surface area contributed by atoms with Gasteiger partial charge in [0.15, 0.2) is 0 Å². The molecule has 0 nitrogen and oxygen atoms in total. The van der Waals surface area contributed by atoms with Crippen molar-refractivity contribution in [1.82, 2.24) is 0 Å². The van der Waals surface area contributed by atoms with E-state index < -0.39 is 0 Å². The molecule has 0 rings (SSSR count). The molecule has 0 N–H and O–H groups in total. The molecule has 0 atom stereocenters. The minimum absolute atomic E-state index is 1.20. The topological polar surface area (TPSA) is 0 Å². The number of hydrogen-bond acceptors (Lipinski definition) is 0. The second-order valence-electron chi connectivity index (χ2n) is 5.71. The third-order valence-corrected chi connectivity index (χ3v) is 4.14. The quantitative estimate of drug-likeness (QED) is 0.256. The van der Waals surface area contributed by atoms with Crippen LogP contribution in [-0.2, 0) is 0 Å². The van der Waals surface area contributed by atoms with Gasteiger partial charge in [-0.2, -0.15) is 0 Å². The predicted molar refractivity (Wildman–Crippen MR) is 90.3 cm³/mol. The zero-order chi connectivity index (χ0) is 14.0. The van der Waals surface area contributed by atoms with Crippen molar-refractivity contribution in [3.05, 3.63) is 6.08 Å². The van der Waals surface area contributed by atoms with Crippen LogP contribution in [0.1, 0.15) is 103 Å². The molecule has 0 fully saturated rings. The first kappa shape index (κ1) is 19.2. The normalized spacial score (nSPS) is 10.4. The van der Waals surface area contributed by atoms with E-state index in [1.165, 1.54) is 96.3 Å². The Hall–Kier alpha value is 0.169. The van der Waals surface area contributed by atoms with Crippen LogP contribution in [-0.4, -0.2) is 20.2 Å². The maximum absolute atomic E-state index is 2.96. The predicted octanol–water partition coefficient (Wildman–Crippen LogP) is 5.98. The molecule has 0 saturated heterocycles. The summed E-state index contributed by atoms with van der Waals surface area (Å²) in [5, 5.41) is 0. The van der Waals surface area contributed by atoms with Gasteiger partial charge in [0.25, 0.3) is 0 Å². The van der Waals surface area contributed by atoms with Crippen molar-refractivity contribution in [1.29, 1.82) is 0 Å². The van der Waals surface area contributed by atoms with Gasteiger partial charge in [0, 0.05) is 0 Å². The van der Waals surface area contributed by atoms with Gasteiger partial charge in [0.1, 0.15) is 0 Å². The Morgan fingerprint density at radius 2 is 1.00 bits per heavy atom. The second kappa shape index (κ2) is 18.2. The van der Waals surface area contributed by atoms with Gasteiger partial charge in [-0.25, -0.2) is 0 Å². The monoisotopic (exact) mass is 330 g/mol. The van der Waals surface area contributed by atoms with Crippen LogP contribution in [0.4, 0.5) is 0 Å². The van der Waals surface area contributed by atoms with Gasteiger partial charge in [-0.3, -0.25) is 0 Å². The van der Waals surface area contributed by atoms with Gasteiger partial charge in [-0.1, -0.05) is 39.0 Å². The molecular weight excluding hydrogens is 295 g/mol. The summed E-state index contributed by atoms with van der Waals surface area (Å²) >= 11 is 2.79. The molecule has 0 aliphatic heterocycles. The molecule has 1 heteroatoms. The van der Waals surface area contributed by atoms with Crippen LogP contribution in [0, 0.1) is 0 Å². The van der Waals surface area contributed by atoms with Crippen molar-refractivity contribution < 1.29 is 0 Å². The van der Waals surface area contributed by atoms with Crippen molar-refractivity contribution in [3.8, 4) is 0 Å². The Labute approximate surface area is 129 Å². The van der Waals surface area contributed by atoms with Crippen LogP contribution >= 0.6 is 0 Å². The molecule has 0 spiro atoms. The Bertz CT molecular complexity index is 204. The number of rotatable bonds is 15. The molecule has 0 saturated carbocycles. The van der Waals surface area contributed by atoms with Crippen LogP contribution in [0.15, 0.2) is 6.08 Å². The van der Waals surface area contributed by atoms with E-state index in [1.807, 2.05) is 0 Å². The average molecular weight is 329 g/mol. The summed E-state index contributed by atoms with van der Waals surface area (Å²) in [7, 11) is 0. The van der Waals surface area contributed by atoms with Crippen LogP contribution in [0.25, 0.3) is 0 Å². The Balaban J connectivity index is 2.93. The van der Waals surface area contributed by atoms with Gasteiger partial charge in [-0.15, -0.1) is 0 Å². The van der Waals surface area contributed by atoms with Crippen LogP contribution < -0.4 is 0 Å². The molecular formula is C18H34Se. The van der Waals surface area contributed by atoms with Gasteiger partial charge in [0.05, 0.1) is 0 Å². The molecule has 0 amide bonds. The summed E-state index contributed by atoms with van der Waals surface area (Å²) in [5.74, 6) is 0. The van der Waals surface area contributed by atoms with E-state index in [2.05, 4.69) is 33.2 Å². The SMILES string of the molecule is CCCCCCCCCCCCCCCCC=C=[Se]. The standard InChI is InChI=1S/C18H34Se/c1-2-3-4-5-6-7-8-9-10-11-12-13-14-15-16-17-18-19/h17H,2-16H2,1H3. The fourth-order valence-electron chi connectivity index (χ4n) is 2.50. The van der Waals surface area contributed by atoms with Crippen molar-refractivity contribution in [2.75, 3.05) is 0 Å². The third kappa shape index (κ3) is 18.2. The molecule has 0 aromatic rings. The number of unbranched alkanes of at least 4 members (excludes halogenated alkanes) is 14. The summed E-state index contributed by atoms with van der Waals surface area (Å²) in [6.07, 6.45) is 23.5. The Morgan fingerprint density at radius 3 is 1.37 bits per heavy atom. The van der Waals surface area contributed by atoms with E-state index in [9.17, 15) is 0 Å². The van der Waals surface area contributed by atoms with Crippen molar-refractivity contribution >= 4 is 20.2 Å². The van der Waals surface area contributed by atoms with Gasteiger partial charge < -0.3 is 0 Å². The molecule has 0 radical (unpaired) electrons. The van der Waals surface area contributed by atoms with E-state index >= 15 is 0 Å². The van der Waals surface area contributed by atoms with Crippen molar-refractivity contribution in [2.45, 2.75) is 103 Å². The first-order valence-corrected chi connectivity index (χ1v) is 9.46. The van der Waals surface area contributed by atoms with Crippen LogP contribution in [0.5, 0.6) is 0 Å². The fraction of sp³-hybridized carbons (Fsp3) is 0.889. The van der Waals surface area contributed by atoms with Crippen molar-refractivity contribution in [3.63, 3.8) is 0 Å². The molecule has 0 unspecified atom stereocenters. The summed E-state index contributed by atoms with van der Waals surface area (Å²) in [6, 6.07) is 0. The second-order valence-corrected chi connectivity index (χ2v) is 6.20. The van der Waals surface area contributed by atoms with E-state index in [1.54, 1.807) is 0 Å². The summed E-state index contributed by atoms with van der Waals surface area (Å²) in [4.78, 5) is 0. The molecule has 0 heterocycles. The zero-order valence-electron chi connectivity index (χ0n) is 13.1.